The summed E-state index contributed by atoms with van der Waals surface area (Å²) in [5, 5.41) is 18.7. The van der Waals surface area contributed by atoms with Gasteiger partial charge in [-0.15, -0.1) is 0 Å². The summed E-state index contributed by atoms with van der Waals surface area (Å²) < 4.78 is 27.7. The number of aliphatic hydroxyl groups is 1. The number of ether oxygens (including phenoxy) is 1. The van der Waals surface area contributed by atoms with Gasteiger partial charge in [0.2, 0.25) is 0 Å². The Morgan fingerprint density at radius 2 is 2.37 bits per heavy atom. The van der Waals surface area contributed by atoms with Crippen molar-refractivity contribution in [2.45, 2.75) is 43.9 Å². The first-order valence-corrected chi connectivity index (χ1v) is 9.95. The molecule has 0 aromatic rings. The van der Waals surface area contributed by atoms with Crippen LogP contribution in [0.2, 0.25) is 0 Å². The van der Waals surface area contributed by atoms with Crippen molar-refractivity contribution in [3.05, 3.63) is 0 Å². The van der Waals surface area contributed by atoms with Gasteiger partial charge in [0.05, 0.1) is 31.8 Å². The maximum atomic E-state index is 12.0. The van der Waals surface area contributed by atoms with E-state index in [9.17, 15) is 9.67 Å². The quantitative estimate of drug-likeness (QED) is 0.368. The molecular formula is C14H22N7O5P. The van der Waals surface area contributed by atoms with Crippen LogP contribution in [0.4, 0.5) is 0 Å². The SMILES string of the molecule is CC1(N)N=CN=C2C1=NCN2[C@H]1C[C@H](O)[C@@H](COP(N)(=O)OCCC#N)O1. The Morgan fingerprint density at radius 1 is 1.59 bits per heavy atom. The molecule has 2 unspecified atom stereocenters. The third-order valence-electron chi connectivity index (χ3n) is 4.31. The number of nitrogens with zero attached hydrogens (tertiary/aromatic N) is 5. The molecule has 1 saturated heterocycles. The number of hydrogen-bond donors (Lipinski definition) is 3. The van der Waals surface area contributed by atoms with Crippen LogP contribution in [0.15, 0.2) is 15.0 Å². The zero-order valence-electron chi connectivity index (χ0n) is 14.8. The normalized spacial score (nSPS) is 34.6. The average Bonchev–Trinajstić information content (AvgIpc) is 3.17. The molecule has 148 valence electrons. The second-order valence-electron chi connectivity index (χ2n) is 6.47. The molecule has 0 saturated carbocycles. The van der Waals surface area contributed by atoms with Gasteiger partial charge >= 0.3 is 7.75 Å². The van der Waals surface area contributed by atoms with Gasteiger partial charge in [0.1, 0.15) is 31.1 Å². The van der Waals surface area contributed by atoms with Crippen LogP contribution in [0.1, 0.15) is 19.8 Å². The minimum atomic E-state index is -3.82. The van der Waals surface area contributed by atoms with Crippen LogP contribution >= 0.6 is 7.75 Å². The molecule has 3 aliphatic rings. The molecule has 1 fully saturated rings. The van der Waals surface area contributed by atoms with Crippen molar-refractivity contribution < 1.29 is 23.5 Å². The number of fused-ring (bicyclic) bond motifs is 1. The maximum Gasteiger partial charge on any atom is 0.402 e. The Hall–Kier alpha value is -1.71. The molecule has 0 bridgehead atoms. The number of amidine groups is 1. The second kappa shape index (κ2) is 7.73. The van der Waals surface area contributed by atoms with Gasteiger partial charge in [-0.3, -0.25) is 14.0 Å². The van der Waals surface area contributed by atoms with Crippen molar-refractivity contribution in [3.63, 3.8) is 0 Å². The standard InChI is InChI=1S/C14H22N7O5P/c1-14(16)12-13(18-7-20-14)21(8-19-12)11-5-9(22)10(26-11)6-25-27(17,23)24-4-2-3-15/h7,9-11,22H,2,4-6,8,16H2,1H3,(H2,17,23)/t9-,10+,11+,14?,27?/m0/s1. The topological polar surface area (TPSA) is 181 Å². The molecular weight excluding hydrogens is 377 g/mol. The average molecular weight is 399 g/mol. The highest BCUT2D eigenvalue weighted by Crippen LogP contribution is 2.40. The highest BCUT2D eigenvalue weighted by molar-refractivity contribution is 7.51. The molecule has 3 heterocycles. The minimum Gasteiger partial charge on any atom is -0.390 e. The lowest BCUT2D eigenvalue weighted by Crippen LogP contribution is -2.52. The second-order valence-corrected chi connectivity index (χ2v) is 8.07. The molecule has 0 aromatic heterocycles. The molecule has 12 nitrogen and oxygen atoms in total. The van der Waals surface area contributed by atoms with Gasteiger partial charge in [-0.2, -0.15) is 5.26 Å². The van der Waals surface area contributed by atoms with Crippen molar-refractivity contribution in [3.8, 4) is 6.07 Å². The first-order chi connectivity index (χ1) is 12.7. The van der Waals surface area contributed by atoms with E-state index in [1.165, 1.54) is 6.34 Å². The molecule has 0 amide bonds. The Balaban J connectivity index is 1.56. The van der Waals surface area contributed by atoms with Crippen molar-refractivity contribution >= 4 is 25.6 Å². The van der Waals surface area contributed by atoms with Crippen molar-refractivity contribution in [1.82, 2.24) is 4.90 Å². The highest BCUT2D eigenvalue weighted by Gasteiger charge is 2.45. The van der Waals surface area contributed by atoms with Gasteiger partial charge in [0.25, 0.3) is 0 Å². The maximum absolute atomic E-state index is 12.0. The number of nitrogens with two attached hydrogens (primary N) is 2. The molecule has 0 radical (unpaired) electrons. The van der Waals surface area contributed by atoms with E-state index in [-0.39, 0.29) is 32.7 Å². The third-order valence-corrected chi connectivity index (χ3v) is 5.36. The van der Waals surface area contributed by atoms with E-state index in [1.54, 1.807) is 11.8 Å². The summed E-state index contributed by atoms with van der Waals surface area (Å²) in [6.45, 7) is 1.69. The van der Waals surface area contributed by atoms with E-state index >= 15 is 0 Å². The summed E-state index contributed by atoms with van der Waals surface area (Å²) in [6, 6.07) is 1.84. The lowest BCUT2D eigenvalue weighted by Gasteiger charge is -2.29. The molecule has 0 spiro atoms. The first-order valence-electron chi connectivity index (χ1n) is 8.34. The predicted octanol–water partition coefficient (Wildman–Crippen LogP) is -0.695. The predicted molar refractivity (Wildman–Crippen MR) is 95.9 cm³/mol. The van der Waals surface area contributed by atoms with E-state index in [0.717, 1.165) is 0 Å². The van der Waals surface area contributed by atoms with Gasteiger partial charge in [-0.25, -0.2) is 20.1 Å². The smallest absolute Gasteiger partial charge is 0.390 e. The number of aliphatic hydroxyl groups excluding tert-OH is 1. The molecule has 0 aromatic carbocycles. The fourth-order valence-corrected chi connectivity index (χ4v) is 3.70. The van der Waals surface area contributed by atoms with Gasteiger partial charge < -0.3 is 20.5 Å². The van der Waals surface area contributed by atoms with Crippen LogP contribution in [0.25, 0.3) is 0 Å². The first kappa shape index (κ1) is 20.0. The lowest BCUT2D eigenvalue weighted by atomic mass is 10.1. The summed E-state index contributed by atoms with van der Waals surface area (Å²) in [4.78, 5) is 14.5. The summed E-state index contributed by atoms with van der Waals surface area (Å²) in [7, 11) is -3.82. The summed E-state index contributed by atoms with van der Waals surface area (Å²) in [5.74, 6) is 0.554. The third kappa shape index (κ3) is 4.41. The Kier molecular flexibility index (Phi) is 5.73. The fourth-order valence-electron chi connectivity index (χ4n) is 2.92. The molecule has 3 rings (SSSR count). The van der Waals surface area contributed by atoms with Crippen LogP contribution in [-0.4, -0.2) is 71.9 Å². The zero-order chi connectivity index (χ0) is 19.7. The monoisotopic (exact) mass is 399 g/mol. The van der Waals surface area contributed by atoms with Crippen molar-refractivity contribution in [2.75, 3.05) is 19.9 Å². The number of rotatable bonds is 7. The molecule has 5 atom stereocenters. The van der Waals surface area contributed by atoms with E-state index in [4.69, 9.17) is 30.3 Å². The molecule has 27 heavy (non-hydrogen) atoms. The molecule has 13 heteroatoms. The van der Waals surface area contributed by atoms with Crippen molar-refractivity contribution in [2.24, 2.45) is 26.2 Å². The number of hydrogen-bond acceptors (Lipinski definition) is 11. The minimum absolute atomic E-state index is 0.0396. The van der Waals surface area contributed by atoms with Crippen molar-refractivity contribution in [1.29, 1.82) is 5.26 Å². The van der Waals surface area contributed by atoms with Gasteiger partial charge in [-0.1, -0.05) is 0 Å². The zero-order valence-corrected chi connectivity index (χ0v) is 15.7. The molecule has 3 aliphatic heterocycles. The summed E-state index contributed by atoms with van der Waals surface area (Å²) in [6.07, 6.45) is -0.427. The van der Waals surface area contributed by atoms with E-state index in [2.05, 4.69) is 15.0 Å². The highest BCUT2D eigenvalue weighted by atomic mass is 31.2. The van der Waals surface area contributed by atoms with E-state index in [0.29, 0.717) is 11.5 Å². The van der Waals surface area contributed by atoms with Gasteiger partial charge in [0.15, 0.2) is 11.5 Å². The van der Waals surface area contributed by atoms with Crippen LogP contribution in [0.5, 0.6) is 0 Å². The van der Waals surface area contributed by atoms with Crippen LogP contribution in [0.3, 0.4) is 0 Å². The Morgan fingerprint density at radius 3 is 3.11 bits per heavy atom. The van der Waals surface area contributed by atoms with Crippen LogP contribution in [-0.2, 0) is 18.3 Å². The van der Waals surface area contributed by atoms with E-state index in [1.807, 2.05) is 6.07 Å². The summed E-state index contributed by atoms with van der Waals surface area (Å²) >= 11 is 0. The van der Waals surface area contributed by atoms with Gasteiger partial charge in [0, 0.05) is 6.42 Å². The summed E-state index contributed by atoms with van der Waals surface area (Å²) in [5.41, 5.74) is 11.1. The Labute approximate surface area is 156 Å². The van der Waals surface area contributed by atoms with E-state index < -0.39 is 31.8 Å². The molecule has 0 aliphatic carbocycles. The van der Waals surface area contributed by atoms with Crippen LogP contribution in [0, 0.1) is 11.3 Å². The van der Waals surface area contributed by atoms with Crippen LogP contribution < -0.4 is 11.2 Å². The Bertz CT molecular complexity index is 761. The lowest BCUT2D eigenvalue weighted by molar-refractivity contribution is -0.0535. The largest absolute Gasteiger partial charge is 0.402 e. The molecule has 5 N–H and O–H groups in total. The fraction of sp³-hybridized carbons (Fsp3) is 0.714. The number of aliphatic imine (C=N–C) groups is 3. The number of nitriles is 1. The van der Waals surface area contributed by atoms with Gasteiger partial charge in [-0.05, 0) is 6.92 Å².